The molecule has 0 aliphatic heterocycles. The van der Waals surface area contributed by atoms with Gasteiger partial charge in [0.2, 0.25) is 0 Å². The molecule has 1 saturated carbocycles. The van der Waals surface area contributed by atoms with E-state index in [2.05, 4.69) is 19.3 Å². The molecule has 0 saturated heterocycles. The van der Waals surface area contributed by atoms with Crippen LogP contribution in [-0.4, -0.2) is 13.1 Å². The molecule has 1 atom stereocenters. The number of nitrogens with one attached hydrogen (secondary N) is 1. The van der Waals surface area contributed by atoms with E-state index in [4.69, 9.17) is 0 Å². The van der Waals surface area contributed by atoms with Gasteiger partial charge in [-0.2, -0.15) is 0 Å². The van der Waals surface area contributed by atoms with E-state index in [0.717, 1.165) is 12.0 Å². The van der Waals surface area contributed by atoms with Crippen LogP contribution in [0, 0.1) is 5.92 Å². The molecule has 1 aliphatic rings. The van der Waals surface area contributed by atoms with Crippen LogP contribution in [0.15, 0.2) is 0 Å². The van der Waals surface area contributed by atoms with Crippen molar-refractivity contribution in [2.75, 3.05) is 7.05 Å². The molecule has 0 aromatic heterocycles. The molecule has 1 fully saturated rings. The maximum atomic E-state index is 3.29. The summed E-state index contributed by atoms with van der Waals surface area (Å²) >= 11 is 0. The average molecular weight is 141 g/mol. The summed E-state index contributed by atoms with van der Waals surface area (Å²) in [7, 11) is 2.06. The van der Waals surface area contributed by atoms with E-state index >= 15 is 0 Å². The predicted molar refractivity (Wildman–Crippen MR) is 45.1 cm³/mol. The summed E-state index contributed by atoms with van der Waals surface area (Å²) < 4.78 is 0. The molecule has 1 N–H and O–H groups in total. The van der Waals surface area contributed by atoms with E-state index in [1.807, 2.05) is 0 Å². The summed E-state index contributed by atoms with van der Waals surface area (Å²) in [6, 6.07) is 0.725. The molecular formula is C9H19N. The molecule has 1 heteroatoms. The molecule has 1 nitrogen and oxygen atoms in total. The molecule has 10 heavy (non-hydrogen) atoms. The van der Waals surface area contributed by atoms with E-state index in [-0.39, 0.29) is 0 Å². The SMILES string of the molecule is CNC(C)CC1CCCC1. The zero-order chi connectivity index (χ0) is 7.40. The Bertz CT molecular complexity index is 84.7. The normalized spacial score (nSPS) is 23.4. The van der Waals surface area contributed by atoms with Crippen LogP contribution >= 0.6 is 0 Å². The van der Waals surface area contributed by atoms with E-state index in [0.29, 0.717) is 0 Å². The third kappa shape index (κ3) is 2.30. The van der Waals surface area contributed by atoms with Gasteiger partial charge in [-0.1, -0.05) is 25.7 Å². The lowest BCUT2D eigenvalue weighted by molar-refractivity contribution is 0.424. The predicted octanol–water partition coefficient (Wildman–Crippen LogP) is 2.17. The van der Waals surface area contributed by atoms with Crippen LogP contribution in [0.2, 0.25) is 0 Å². The van der Waals surface area contributed by atoms with Gasteiger partial charge in [0, 0.05) is 6.04 Å². The van der Waals surface area contributed by atoms with Gasteiger partial charge in [0.15, 0.2) is 0 Å². The van der Waals surface area contributed by atoms with Crippen LogP contribution in [0.1, 0.15) is 39.0 Å². The van der Waals surface area contributed by atoms with Gasteiger partial charge in [0.05, 0.1) is 0 Å². The Hall–Kier alpha value is -0.0400. The number of hydrogen-bond donors (Lipinski definition) is 1. The van der Waals surface area contributed by atoms with Crippen LogP contribution in [0.4, 0.5) is 0 Å². The maximum Gasteiger partial charge on any atom is 0.00383 e. The molecule has 1 unspecified atom stereocenters. The summed E-state index contributed by atoms with van der Waals surface area (Å²) in [5.41, 5.74) is 0. The lowest BCUT2D eigenvalue weighted by atomic mass is 10.00. The average Bonchev–Trinajstić information content (AvgIpc) is 2.40. The first-order chi connectivity index (χ1) is 4.83. The molecule has 0 bridgehead atoms. The Balaban J connectivity index is 2.11. The van der Waals surface area contributed by atoms with Gasteiger partial charge >= 0.3 is 0 Å². The molecule has 1 aliphatic carbocycles. The van der Waals surface area contributed by atoms with Crippen molar-refractivity contribution in [3.63, 3.8) is 0 Å². The Morgan fingerprint density at radius 2 is 2.00 bits per heavy atom. The highest BCUT2D eigenvalue weighted by Gasteiger charge is 2.16. The van der Waals surface area contributed by atoms with Crippen molar-refractivity contribution in [2.24, 2.45) is 5.92 Å². The lowest BCUT2D eigenvalue weighted by Crippen LogP contribution is -2.23. The first-order valence-corrected chi connectivity index (χ1v) is 4.50. The minimum absolute atomic E-state index is 0.725. The van der Waals surface area contributed by atoms with Gasteiger partial charge in [-0.15, -0.1) is 0 Å². The minimum atomic E-state index is 0.725. The van der Waals surface area contributed by atoms with Gasteiger partial charge in [0.25, 0.3) is 0 Å². The van der Waals surface area contributed by atoms with Crippen LogP contribution < -0.4 is 5.32 Å². The van der Waals surface area contributed by atoms with Crippen molar-refractivity contribution < 1.29 is 0 Å². The molecule has 0 radical (unpaired) electrons. The molecule has 0 amide bonds. The topological polar surface area (TPSA) is 12.0 Å². The second-order valence-corrected chi connectivity index (χ2v) is 3.58. The summed E-state index contributed by atoms with van der Waals surface area (Å²) in [5.74, 6) is 1.03. The highest BCUT2D eigenvalue weighted by Crippen LogP contribution is 2.28. The summed E-state index contributed by atoms with van der Waals surface area (Å²) in [6.07, 6.45) is 7.29. The van der Waals surface area contributed by atoms with Gasteiger partial charge in [0.1, 0.15) is 0 Å². The summed E-state index contributed by atoms with van der Waals surface area (Å²) in [5, 5.41) is 3.29. The standard InChI is InChI=1S/C9H19N/c1-8(10-2)7-9-5-3-4-6-9/h8-10H,3-7H2,1-2H3. The third-order valence-electron chi connectivity index (χ3n) is 2.65. The fraction of sp³-hybridized carbons (Fsp3) is 1.00. The number of hydrogen-bond acceptors (Lipinski definition) is 1. The zero-order valence-electron chi connectivity index (χ0n) is 7.19. The second-order valence-electron chi connectivity index (χ2n) is 3.58. The van der Waals surface area contributed by atoms with Crippen molar-refractivity contribution >= 4 is 0 Å². The monoisotopic (exact) mass is 141 g/mol. The van der Waals surface area contributed by atoms with E-state index in [9.17, 15) is 0 Å². The summed E-state index contributed by atoms with van der Waals surface area (Å²) in [6.45, 7) is 2.28. The van der Waals surface area contributed by atoms with Crippen molar-refractivity contribution in [3.8, 4) is 0 Å². The Labute approximate surface area is 64.2 Å². The Kier molecular flexibility index (Phi) is 3.20. The second kappa shape index (κ2) is 3.97. The van der Waals surface area contributed by atoms with Gasteiger partial charge in [-0.3, -0.25) is 0 Å². The van der Waals surface area contributed by atoms with Crippen molar-refractivity contribution in [3.05, 3.63) is 0 Å². The highest BCUT2D eigenvalue weighted by molar-refractivity contribution is 4.71. The fourth-order valence-corrected chi connectivity index (χ4v) is 1.86. The zero-order valence-corrected chi connectivity index (χ0v) is 7.19. The minimum Gasteiger partial charge on any atom is -0.317 e. The Morgan fingerprint density at radius 3 is 2.50 bits per heavy atom. The molecular weight excluding hydrogens is 122 g/mol. The van der Waals surface area contributed by atoms with E-state index in [1.165, 1.54) is 32.1 Å². The largest absolute Gasteiger partial charge is 0.317 e. The molecule has 60 valence electrons. The van der Waals surface area contributed by atoms with Gasteiger partial charge in [-0.25, -0.2) is 0 Å². The van der Waals surface area contributed by atoms with Crippen LogP contribution in [-0.2, 0) is 0 Å². The molecule has 1 rings (SSSR count). The van der Waals surface area contributed by atoms with E-state index < -0.39 is 0 Å². The third-order valence-corrected chi connectivity index (χ3v) is 2.65. The first kappa shape index (κ1) is 8.06. The maximum absolute atomic E-state index is 3.29. The van der Waals surface area contributed by atoms with Crippen molar-refractivity contribution in [2.45, 2.75) is 45.1 Å². The highest BCUT2D eigenvalue weighted by atomic mass is 14.8. The van der Waals surface area contributed by atoms with Crippen molar-refractivity contribution in [1.29, 1.82) is 0 Å². The molecule has 0 aromatic rings. The van der Waals surface area contributed by atoms with Crippen LogP contribution in [0.5, 0.6) is 0 Å². The molecule has 0 heterocycles. The Morgan fingerprint density at radius 1 is 1.40 bits per heavy atom. The van der Waals surface area contributed by atoms with Gasteiger partial charge < -0.3 is 5.32 Å². The van der Waals surface area contributed by atoms with Crippen LogP contribution in [0.3, 0.4) is 0 Å². The molecule has 0 aromatic carbocycles. The smallest absolute Gasteiger partial charge is 0.00383 e. The van der Waals surface area contributed by atoms with Crippen molar-refractivity contribution in [1.82, 2.24) is 5.32 Å². The summed E-state index contributed by atoms with van der Waals surface area (Å²) in [4.78, 5) is 0. The molecule has 0 spiro atoms. The quantitative estimate of drug-likeness (QED) is 0.635. The fourth-order valence-electron chi connectivity index (χ4n) is 1.86. The van der Waals surface area contributed by atoms with Crippen LogP contribution in [0.25, 0.3) is 0 Å². The first-order valence-electron chi connectivity index (χ1n) is 4.50. The van der Waals surface area contributed by atoms with E-state index in [1.54, 1.807) is 0 Å². The van der Waals surface area contributed by atoms with Gasteiger partial charge in [-0.05, 0) is 26.3 Å². The lowest BCUT2D eigenvalue weighted by Gasteiger charge is -2.14. The number of rotatable bonds is 3.